The molecule has 2 aromatic heterocycles. The predicted molar refractivity (Wildman–Crippen MR) is 314 cm³/mol. The molecule has 0 bridgehead atoms. The molecule has 394 valence electrons. The van der Waals surface area contributed by atoms with Crippen LogP contribution >= 0.6 is 0 Å². The van der Waals surface area contributed by atoms with E-state index in [1.165, 1.54) is 12.1 Å². The summed E-state index contributed by atoms with van der Waals surface area (Å²) in [5, 5.41) is 4.10. The van der Waals surface area contributed by atoms with Crippen LogP contribution in [0.3, 0.4) is 0 Å². The van der Waals surface area contributed by atoms with Crippen molar-refractivity contribution in [1.29, 1.82) is 0 Å². The lowest BCUT2D eigenvalue weighted by Gasteiger charge is -2.34. The Bertz CT molecular complexity index is 4280. The van der Waals surface area contributed by atoms with Gasteiger partial charge in [-0.3, -0.25) is 0 Å². The molecular formula is C71H53F6N3. The van der Waals surface area contributed by atoms with Gasteiger partial charge in [-0.15, -0.1) is 0 Å². The highest BCUT2D eigenvalue weighted by Crippen LogP contribution is 2.66. The zero-order valence-corrected chi connectivity index (χ0v) is 44.8. The average Bonchev–Trinajstić information content (AvgIpc) is 4.09. The highest BCUT2D eigenvalue weighted by molar-refractivity contribution is 6.29. The van der Waals surface area contributed by atoms with Crippen molar-refractivity contribution in [3.8, 4) is 22.3 Å². The Balaban J connectivity index is 1.14. The molecule has 0 radical (unpaired) electrons. The van der Waals surface area contributed by atoms with Crippen LogP contribution in [0.4, 0.5) is 60.5 Å². The van der Waals surface area contributed by atoms with E-state index in [9.17, 15) is 26.3 Å². The third-order valence-electron chi connectivity index (χ3n) is 16.9. The van der Waals surface area contributed by atoms with E-state index >= 15 is 0 Å². The van der Waals surface area contributed by atoms with Gasteiger partial charge in [-0.2, -0.15) is 26.3 Å². The van der Waals surface area contributed by atoms with Crippen LogP contribution in [0.2, 0.25) is 0 Å². The molecular weight excluding hydrogens is 1010 g/mol. The molecule has 2 aliphatic carbocycles. The van der Waals surface area contributed by atoms with Crippen LogP contribution in [0, 0.1) is 0 Å². The number of fused-ring (bicyclic) bond motifs is 17. The Morgan fingerprint density at radius 3 is 1.30 bits per heavy atom. The lowest BCUT2D eigenvalue weighted by atomic mass is 9.70. The minimum absolute atomic E-state index is 0.153. The highest BCUT2D eigenvalue weighted by atomic mass is 19.4. The molecule has 0 fully saturated rings. The molecule has 2 aliphatic rings. The normalized spacial score (nSPS) is 13.8. The van der Waals surface area contributed by atoms with E-state index in [0.717, 1.165) is 129 Å². The van der Waals surface area contributed by atoms with Crippen LogP contribution in [0.15, 0.2) is 212 Å². The van der Waals surface area contributed by atoms with Gasteiger partial charge in [-0.1, -0.05) is 157 Å². The zero-order chi connectivity index (χ0) is 55.4. The first-order valence-electron chi connectivity index (χ1n) is 27.0. The molecule has 14 rings (SSSR count). The summed E-state index contributed by atoms with van der Waals surface area (Å²) in [4.78, 5) is 4.17. The number of rotatable bonds is 6. The quantitative estimate of drug-likeness (QED) is 0.154. The van der Waals surface area contributed by atoms with Crippen molar-refractivity contribution in [3.63, 3.8) is 0 Å². The largest absolute Gasteiger partial charge is 0.416 e. The third kappa shape index (κ3) is 7.21. The second-order valence-corrected chi connectivity index (χ2v) is 23.5. The Labute approximate surface area is 459 Å². The van der Waals surface area contributed by atoms with Crippen molar-refractivity contribution < 1.29 is 26.3 Å². The summed E-state index contributed by atoms with van der Waals surface area (Å²) in [6, 6.07) is 68.2. The number of hydrogen-bond acceptors (Lipinski definition) is 2. The molecule has 12 aromatic rings. The van der Waals surface area contributed by atoms with Crippen LogP contribution in [-0.4, -0.2) is 4.40 Å². The summed E-state index contributed by atoms with van der Waals surface area (Å²) < 4.78 is 88.7. The van der Waals surface area contributed by atoms with E-state index < -0.39 is 28.9 Å². The van der Waals surface area contributed by atoms with E-state index in [0.29, 0.717) is 11.4 Å². The molecule has 0 saturated heterocycles. The minimum Gasteiger partial charge on any atom is -0.310 e. The second kappa shape index (κ2) is 17.1. The molecule has 10 aromatic carbocycles. The van der Waals surface area contributed by atoms with E-state index in [4.69, 9.17) is 0 Å². The number of para-hydroxylation sites is 2. The summed E-state index contributed by atoms with van der Waals surface area (Å²) in [6.45, 7) is 12.9. The van der Waals surface area contributed by atoms with Gasteiger partial charge in [0.1, 0.15) is 0 Å². The molecule has 0 unspecified atom stereocenters. The van der Waals surface area contributed by atoms with Gasteiger partial charge >= 0.3 is 12.4 Å². The van der Waals surface area contributed by atoms with Crippen molar-refractivity contribution in [1.82, 2.24) is 4.40 Å². The number of anilines is 6. The Hall–Kier alpha value is -8.82. The monoisotopic (exact) mass is 1060 g/mol. The fourth-order valence-corrected chi connectivity index (χ4v) is 13.2. The van der Waals surface area contributed by atoms with Crippen LogP contribution in [-0.2, 0) is 28.6 Å². The topological polar surface area (TPSA) is 10.9 Å². The number of hydrogen-bond donors (Lipinski definition) is 0. The number of aromatic nitrogens is 1. The summed E-state index contributed by atoms with van der Waals surface area (Å²) >= 11 is 0. The molecule has 0 amide bonds. The molecule has 0 aliphatic heterocycles. The van der Waals surface area contributed by atoms with Crippen molar-refractivity contribution >= 4 is 72.2 Å². The summed E-state index contributed by atoms with van der Waals surface area (Å²) in [5.41, 5.74) is 14.9. The zero-order valence-electron chi connectivity index (χ0n) is 44.8. The average molecular weight is 1060 g/mol. The summed E-state index contributed by atoms with van der Waals surface area (Å²) in [6.07, 6.45) is -9.08. The maximum absolute atomic E-state index is 14.5. The third-order valence-corrected chi connectivity index (χ3v) is 16.9. The van der Waals surface area contributed by atoms with Gasteiger partial charge in [0.2, 0.25) is 0 Å². The second-order valence-electron chi connectivity index (χ2n) is 23.5. The van der Waals surface area contributed by atoms with Crippen molar-refractivity contribution in [2.75, 3.05) is 9.80 Å². The Kier molecular flexibility index (Phi) is 10.6. The number of benzene rings is 10. The molecule has 2 heterocycles. The molecule has 0 saturated carbocycles. The van der Waals surface area contributed by atoms with E-state index in [2.05, 4.69) is 203 Å². The van der Waals surface area contributed by atoms with E-state index in [1.54, 1.807) is 24.3 Å². The van der Waals surface area contributed by atoms with Crippen LogP contribution in [0.25, 0.3) is 60.3 Å². The fraction of sp³-hybridized carbons (Fsp3) is 0.155. The first-order chi connectivity index (χ1) is 38.2. The van der Waals surface area contributed by atoms with E-state index in [1.807, 2.05) is 17.0 Å². The van der Waals surface area contributed by atoms with Crippen LogP contribution in [0.5, 0.6) is 0 Å². The maximum atomic E-state index is 14.5. The number of nitrogens with zero attached hydrogens (tertiary/aromatic N) is 3. The summed E-state index contributed by atoms with van der Waals surface area (Å²) in [7, 11) is 0. The maximum Gasteiger partial charge on any atom is 0.416 e. The van der Waals surface area contributed by atoms with Gasteiger partial charge in [0.15, 0.2) is 0 Å². The van der Waals surface area contributed by atoms with Crippen LogP contribution in [0.1, 0.15) is 86.1 Å². The number of halogens is 6. The molecule has 80 heavy (non-hydrogen) atoms. The number of alkyl halides is 6. The van der Waals surface area contributed by atoms with E-state index in [-0.39, 0.29) is 10.8 Å². The molecule has 9 heteroatoms. The first kappa shape index (κ1) is 49.5. The van der Waals surface area contributed by atoms with Gasteiger partial charge in [-0.05, 0) is 158 Å². The van der Waals surface area contributed by atoms with Crippen molar-refractivity contribution in [2.24, 2.45) is 0 Å². The molecule has 0 atom stereocenters. The van der Waals surface area contributed by atoms with Crippen molar-refractivity contribution in [3.05, 3.63) is 257 Å². The minimum atomic E-state index is -4.55. The van der Waals surface area contributed by atoms with Gasteiger partial charge in [0.25, 0.3) is 0 Å². The van der Waals surface area contributed by atoms with Crippen LogP contribution < -0.4 is 9.80 Å². The fourth-order valence-electron chi connectivity index (χ4n) is 13.2. The molecule has 3 nitrogen and oxygen atoms in total. The lowest BCUT2D eigenvalue weighted by molar-refractivity contribution is -0.138. The van der Waals surface area contributed by atoms with Gasteiger partial charge in [0.05, 0.1) is 38.8 Å². The highest BCUT2D eigenvalue weighted by Gasteiger charge is 2.53. The lowest BCUT2D eigenvalue weighted by Crippen LogP contribution is -2.26. The Morgan fingerprint density at radius 1 is 0.350 bits per heavy atom. The molecule has 1 spiro atoms. The van der Waals surface area contributed by atoms with Gasteiger partial charge in [-0.25, -0.2) is 0 Å². The summed E-state index contributed by atoms with van der Waals surface area (Å²) in [5.74, 6) is 0. The van der Waals surface area contributed by atoms with Gasteiger partial charge in [0, 0.05) is 55.5 Å². The first-order valence-corrected chi connectivity index (χ1v) is 27.0. The standard InChI is InChI=1S/C71H53F6N3/c1-67(2,3)42-22-30-46(31-23-42)78(47-34-26-44(27-35-47)70(72,73)74)50-38-39-55-59(40-50)69(57-19-10-7-14-51(57)52-15-8-11-20-58(52)69)60-41-62(64-56-18-13-17-54-53-16-9-12-21-61(53)80(65(54)56)66(64)63(55)60)79(48-32-24-43(25-33-48)68(4,5)6)49-36-28-45(29-37-49)71(75,76)77/h7-41H,1-6H3. The smallest absolute Gasteiger partial charge is 0.310 e. The Morgan fingerprint density at radius 2 is 0.787 bits per heavy atom. The van der Waals surface area contributed by atoms with Crippen molar-refractivity contribution in [2.45, 2.75) is 70.1 Å². The van der Waals surface area contributed by atoms with Gasteiger partial charge < -0.3 is 14.2 Å². The molecule has 0 N–H and O–H groups in total. The SMILES string of the molecule is CC(C)(C)c1ccc(N(c2ccc(C(F)(F)F)cc2)c2ccc3c(c2)C2(c4ccccc4-c4ccccc42)c2cc(N(c4ccc(C(C)(C)C)cc4)c4ccc(C(F)(F)F)cc4)c4c5cccc6c7ccccc7n(c4c2-3)c65)cc1. The predicted octanol–water partition coefficient (Wildman–Crippen LogP) is 20.8.